The molecule has 2 N–H and O–H groups in total. The van der Waals surface area contributed by atoms with E-state index in [1.807, 2.05) is 30.3 Å². The highest BCUT2D eigenvalue weighted by Gasteiger charge is 2.31. The first kappa shape index (κ1) is 23.6. The monoisotopic (exact) mass is 463 g/mol. The quantitative estimate of drug-likeness (QED) is 0.513. The van der Waals surface area contributed by atoms with Crippen LogP contribution < -0.4 is 10.6 Å². The standard InChI is InChI=1S/C26H30FN5O2/c1-26(2,30-22(33)16-18-8-6-7-9-18)24(34)29-25-28-23(20-12-14-21(27)15-13-20)32(31-25)17-19-10-4-3-5-11-19/h3-5,10-15,18H,6-9,16-17H2,1-2H3,(H,30,33)(H,29,31,34). The summed E-state index contributed by atoms with van der Waals surface area (Å²) in [7, 11) is 0. The lowest BCUT2D eigenvalue weighted by Gasteiger charge is -2.25. The first-order valence-electron chi connectivity index (χ1n) is 11.7. The predicted octanol–water partition coefficient (Wildman–Crippen LogP) is 4.55. The van der Waals surface area contributed by atoms with Gasteiger partial charge in [0, 0.05) is 12.0 Å². The van der Waals surface area contributed by atoms with Crippen molar-refractivity contribution in [3.05, 3.63) is 66.0 Å². The van der Waals surface area contributed by atoms with Gasteiger partial charge in [0.2, 0.25) is 11.9 Å². The van der Waals surface area contributed by atoms with Crippen LogP contribution in [-0.2, 0) is 16.1 Å². The van der Waals surface area contributed by atoms with Gasteiger partial charge in [-0.05, 0) is 62.4 Å². The summed E-state index contributed by atoms with van der Waals surface area (Å²) in [4.78, 5) is 30.0. The largest absolute Gasteiger partial charge is 0.342 e. The van der Waals surface area contributed by atoms with Crippen molar-refractivity contribution in [1.29, 1.82) is 0 Å². The van der Waals surface area contributed by atoms with Gasteiger partial charge in [-0.2, -0.15) is 4.98 Å². The van der Waals surface area contributed by atoms with Crippen molar-refractivity contribution in [3.8, 4) is 11.4 Å². The molecule has 8 heteroatoms. The Balaban J connectivity index is 1.51. The van der Waals surface area contributed by atoms with Crippen molar-refractivity contribution in [2.75, 3.05) is 5.32 Å². The molecule has 2 aromatic carbocycles. The van der Waals surface area contributed by atoms with E-state index in [1.165, 1.54) is 12.1 Å². The molecule has 0 atom stereocenters. The maximum Gasteiger partial charge on any atom is 0.251 e. The molecule has 0 spiro atoms. The Hall–Kier alpha value is -3.55. The van der Waals surface area contributed by atoms with Gasteiger partial charge in [0.25, 0.3) is 5.91 Å². The molecule has 0 radical (unpaired) electrons. The fourth-order valence-corrected chi connectivity index (χ4v) is 4.26. The lowest BCUT2D eigenvalue weighted by molar-refractivity contribution is -0.129. The molecule has 0 aliphatic heterocycles. The molecule has 3 aromatic rings. The highest BCUT2D eigenvalue weighted by Crippen LogP contribution is 2.27. The van der Waals surface area contributed by atoms with Gasteiger partial charge in [-0.3, -0.25) is 14.9 Å². The Bertz CT molecular complexity index is 1140. The van der Waals surface area contributed by atoms with E-state index in [4.69, 9.17) is 0 Å². The molecule has 1 aliphatic rings. The van der Waals surface area contributed by atoms with E-state index in [0.717, 1.165) is 31.2 Å². The number of carbonyl (C=O) groups is 2. The average Bonchev–Trinajstić information content (AvgIpc) is 3.44. The molecule has 1 aromatic heterocycles. The van der Waals surface area contributed by atoms with Crippen LogP contribution in [-0.4, -0.2) is 32.1 Å². The first-order valence-corrected chi connectivity index (χ1v) is 11.7. The number of benzene rings is 2. The number of rotatable bonds is 8. The molecule has 34 heavy (non-hydrogen) atoms. The third-order valence-electron chi connectivity index (χ3n) is 6.14. The number of carbonyl (C=O) groups excluding carboxylic acids is 2. The van der Waals surface area contributed by atoms with Crippen LogP contribution in [0, 0.1) is 11.7 Å². The zero-order valence-corrected chi connectivity index (χ0v) is 19.6. The highest BCUT2D eigenvalue weighted by atomic mass is 19.1. The number of nitrogens with zero attached hydrogens (tertiary/aromatic N) is 3. The molecule has 2 amide bonds. The summed E-state index contributed by atoms with van der Waals surface area (Å²) >= 11 is 0. The predicted molar refractivity (Wildman–Crippen MR) is 128 cm³/mol. The summed E-state index contributed by atoms with van der Waals surface area (Å²) in [6.45, 7) is 3.76. The van der Waals surface area contributed by atoms with Crippen molar-refractivity contribution in [2.24, 2.45) is 5.92 Å². The van der Waals surface area contributed by atoms with Crippen molar-refractivity contribution in [1.82, 2.24) is 20.1 Å². The number of hydrogen-bond donors (Lipinski definition) is 2. The van der Waals surface area contributed by atoms with E-state index in [0.29, 0.717) is 30.3 Å². The molecule has 1 fully saturated rings. The Morgan fingerprint density at radius 1 is 1.06 bits per heavy atom. The summed E-state index contributed by atoms with van der Waals surface area (Å²) in [5.41, 5.74) is 0.555. The average molecular weight is 464 g/mol. The molecule has 0 saturated heterocycles. The molecule has 4 rings (SSSR count). The van der Waals surface area contributed by atoms with Crippen LogP contribution >= 0.6 is 0 Å². The van der Waals surface area contributed by atoms with Crippen LogP contribution in [0.1, 0.15) is 51.5 Å². The molecular formula is C26H30FN5O2. The maximum atomic E-state index is 13.5. The van der Waals surface area contributed by atoms with Gasteiger partial charge in [-0.25, -0.2) is 9.07 Å². The van der Waals surface area contributed by atoms with E-state index in [1.54, 1.807) is 30.7 Å². The lowest BCUT2D eigenvalue weighted by atomic mass is 10.0. The summed E-state index contributed by atoms with van der Waals surface area (Å²) in [5.74, 6) is 0.144. The second-order valence-corrected chi connectivity index (χ2v) is 9.39. The van der Waals surface area contributed by atoms with Crippen LogP contribution in [0.2, 0.25) is 0 Å². The number of hydrogen-bond acceptors (Lipinski definition) is 4. The molecular weight excluding hydrogens is 433 g/mol. The minimum Gasteiger partial charge on any atom is -0.342 e. The number of aromatic nitrogens is 3. The van der Waals surface area contributed by atoms with E-state index in [9.17, 15) is 14.0 Å². The van der Waals surface area contributed by atoms with Crippen molar-refractivity contribution >= 4 is 17.8 Å². The van der Waals surface area contributed by atoms with Gasteiger partial charge in [0.05, 0.1) is 6.54 Å². The maximum absolute atomic E-state index is 13.5. The molecule has 1 aliphatic carbocycles. The fraction of sp³-hybridized carbons (Fsp3) is 0.385. The van der Waals surface area contributed by atoms with Crippen LogP contribution in [0.3, 0.4) is 0 Å². The van der Waals surface area contributed by atoms with Crippen molar-refractivity contribution < 1.29 is 14.0 Å². The molecule has 1 heterocycles. The topological polar surface area (TPSA) is 88.9 Å². The second kappa shape index (κ2) is 10.2. The van der Waals surface area contributed by atoms with Gasteiger partial charge in [0.1, 0.15) is 11.4 Å². The van der Waals surface area contributed by atoms with Gasteiger partial charge in [-0.15, -0.1) is 5.10 Å². The normalized spacial score (nSPS) is 14.2. The molecule has 178 valence electrons. The number of amides is 2. The van der Waals surface area contributed by atoms with Crippen LogP contribution in [0.25, 0.3) is 11.4 Å². The summed E-state index contributed by atoms with van der Waals surface area (Å²) < 4.78 is 15.1. The molecule has 0 unspecified atom stereocenters. The minimum atomic E-state index is -1.13. The van der Waals surface area contributed by atoms with Gasteiger partial charge >= 0.3 is 0 Å². The number of nitrogens with one attached hydrogen (secondary N) is 2. The number of halogens is 1. The summed E-state index contributed by atoms with van der Waals surface area (Å²) in [6, 6.07) is 15.7. The van der Waals surface area contributed by atoms with Crippen LogP contribution in [0.5, 0.6) is 0 Å². The lowest BCUT2D eigenvalue weighted by Crippen LogP contribution is -2.52. The van der Waals surface area contributed by atoms with Crippen LogP contribution in [0.15, 0.2) is 54.6 Å². The Kier molecular flexibility index (Phi) is 7.05. The van der Waals surface area contributed by atoms with Crippen molar-refractivity contribution in [2.45, 2.75) is 58.0 Å². The Labute approximate surface area is 198 Å². The fourth-order valence-electron chi connectivity index (χ4n) is 4.26. The third-order valence-corrected chi connectivity index (χ3v) is 6.14. The first-order chi connectivity index (χ1) is 16.3. The third kappa shape index (κ3) is 5.87. The summed E-state index contributed by atoms with van der Waals surface area (Å²) in [6.07, 6.45) is 4.89. The zero-order chi connectivity index (χ0) is 24.1. The SMILES string of the molecule is CC(C)(NC(=O)CC1CCCC1)C(=O)Nc1nc(-c2ccc(F)cc2)n(Cc2ccccc2)n1. The van der Waals surface area contributed by atoms with E-state index in [2.05, 4.69) is 20.7 Å². The number of anilines is 1. The Morgan fingerprint density at radius 2 is 1.74 bits per heavy atom. The van der Waals surface area contributed by atoms with Crippen molar-refractivity contribution in [3.63, 3.8) is 0 Å². The van der Waals surface area contributed by atoms with Gasteiger partial charge < -0.3 is 5.32 Å². The molecule has 1 saturated carbocycles. The Morgan fingerprint density at radius 3 is 2.41 bits per heavy atom. The van der Waals surface area contributed by atoms with Gasteiger partial charge in [-0.1, -0.05) is 43.2 Å². The second-order valence-electron chi connectivity index (χ2n) is 9.39. The smallest absolute Gasteiger partial charge is 0.251 e. The van der Waals surface area contributed by atoms with E-state index >= 15 is 0 Å². The van der Waals surface area contributed by atoms with Crippen LogP contribution in [0.4, 0.5) is 10.3 Å². The molecule has 0 bridgehead atoms. The zero-order valence-electron chi connectivity index (χ0n) is 19.6. The minimum absolute atomic E-state index is 0.123. The van der Waals surface area contributed by atoms with E-state index in [-0.39, 0.29) is 17.7 Å². The van der Waals surface area contributed by atoms with Gasteiger partial charge in [0.15, 0.2) is 5.82 Å². The highest BCUT2D eigenvalue weighted by molar-refractivity contribution is 5.99. The molecule has 7 nitrogen and oxygen atoms in total. The summed E-state index contributed by atoms with van der Waals surface area (Å²) in [5, 5.41) is 10.1. The van der Waals surface area contributed by atoms with E-state index < -0.39 is 11.4 Å².